The van der Waals surface area contributed by atoms with E-state index >= 15 is 0 Å². The van der Waals surface area contributed by atoms with Gasteiger partial charge in [-0.15, -0.1) is 0 Å². The summed E-state index contributed by atoms with van der Waals surface area (Å²) in [5, 5.41) is 6.01. The molecular weight excluding hydrogens is 278 g/mol. The van der Waals surface area contributed by atoms with Gasteiger partial charge < -0.3 is 10.6 Å². The first-order valence-corrected chi connectivity index (χ1v) is 9.06. The van der Waals surface area contributed by atoms with Gasteiger partial charge in [0.1, 0.15) is 0 Å². The van der Waals surface area contributed by atoms with Crippen molar-refractivity contribution >= 4 is 15.9 Å². The van der Waals surface area contributed by atoms with E-state index in [9.17, 15) is 13.2 Å². The predicted octanol–water partition coefficient (Wildman–Crippen LogP) is 0.353. The summed E-state index contributed by atoms with van der Waals surface area (Å²) < 4.78 is 24.9. The molecule has 0 aromatic heterocycles. The third-order valence-electron chi connectivity index (χ3n) is 3.28. The number of carbonyl (C=O) groups is 1. The largest absolute Gasteiger partial charge is 0.352 e. The summed E-state index contributed by atoms with van der Waals surface area (Å²) in [6, 6.07) is 0.306. The van der Waals surface area contributed by atoms with E-state index < -0.39 is 15.6 Å². The van der Waals surface area contributed by atoms with Gasteiger partial charge in [0.15, 0.2) is 0 Å². The smallest absolute Gasteiger partial charge is 0.234 e. The molecule has 3 N–H and O–H groups in total. The molecule has 118 valence electrons. The van der Waals surface area contributed by atoms with Gasteiger partial charge in [-0.1, -0.05) is 19.3 Å². The van der Waals surface area contributed by atoms with Crippen molar-refractivity contribution in [1.29, 1.82) is 0 Å². The molecule has 1 rings (SSSR count). The van der Waals surface area contributed by atoms with Crippen LogP contribution in [0.25, 0.3) is 0 Å². The Hall–Kier alpha value is -0.660. The molecule has 6 nitrogen and oxygen atoms in total. The second-order valence-corrected chi connectivity index (χ2v) is 8.01. The maximum Gasteiger partial charge on any atom is 0.234 e. The standard InChI is InChI=1S/C13H27N3O3S/c1-13(2,16-20(3,18)19)10-14-9-12(17)15-11-7-5-4-6-8-11/h11,14,16H,4-10H2,1-3H3,(H,15,17). The Labute approximate surface area is 122 Å². The number of carbonyl (C=O) groups excluding carboxylic acids is 1. The van der Waals surface area contributed by atoms with Crippen molar-refractivity contribution in [1.82, 2.24) is 15.4 Å². The van der Waals surface area contributed by atoms with Crippen LogP contribution < -0.4 is 15.4 Å². The summed E-state index contributed by atoms with van der Waals surface area (Å²) in [4.78, 5) is 11.8. The summed E-state index contributed by atoms with van der Waals surface area (Å²) in [6.45, 7) is 4.17. The number of hydrogen-bond acceptors (Lipinski definition) is 4. The molecule has 1 aliphatic carbocycles. The zero-order chi connectivity index (χ0) is 15.2. The molecule has 1 aliphatic rings. The Morgan fingerprint density at radius 2 is 1.80 bits per heavy atom. The lowest BCUT2D eigenvalue weighted by molar-refractivity contribution is -0.121. The first-order valence-electron chi connectivity index (χ1n) is 7.17. The minimum atomic E-state index is -3.25. The SMILES string of the molecule is CC(C)(CNCC(=O)NC1CCCCC1)NS(C)(=O)=O. The van der Waals surface area contributed by atoms with Gasteiger partial charge in [0.2, 0.25) is 15.9 Å². The topological polar surface area (TPSA) is 87.3 Å². The van der Waals surface area contributed by atoms with Gasteiger partial charge in [0.05, 0.1) is 12.8 Å². The van der Waals surface area contributed by atoms with Gasteiger partial charge in [-0.25, -0.2) is 13.1 Å². The highest BCUT2D eigenvalue weighted by molar-refractivity contribution is 7.88. The molecule has 0 saturated heterocycles. The Bertz CT molecular complexity index is 415. The zero-order valence-corrected chi connectivity index (χ0v) is 13.5. The second-order valence-electron chi connectivity index (χ2n) is 6.26. The fourth-order valence-corrected chi connectivity index (χ4v) is 3.63. The van der Waals surface area contributed by atoms with E-state index in [1.54, 1.807) is 13.8 Å². The van der Waals surface area contributed by atoms with Crippen molar-refractivity contribution in [3.63, 3.8) is 0 Å². The highest BCUT2D eigenvalue weighted by Gasteiger charge is 2.22. The van der Waals surface area contributed by atoms with E-state index in [1.807, 2.05) is 0 Å². The Kier molecular flexibility index (Phi) is 6.42. The van der Waals surface area contributed by atoms with Crippen LogP contribution in [0.2, 0.25) is 0 Å². The van der Waals surface area contributed by atoms with E-state index in [4.69, 9.17) is 0 Å². The second kappa shape index (κ2) is 7.38. The summed E-state index contributed by atoms with van der Waals surface area (Å²) in [5.74, 6) is -0.0212. The molecule has 20 heavy (non-hydrogen) atoms. The van der Waals surface area contributed by atoms with Crippen LogP contribution in [0.5, 0.6) is 0 Å². The maximum atomic E-state index is 11.8. The first kappa shape index (κ1) is 17.4. The van der Waals surface area contributed by atoms with Crippen molar-refractivity contribution in [2.75, 3.05) is 19.3 Å². The molecule has 1 fully saturated rings. The van der Waals surface area contributed by atoms with Gasteiger partial charge in [-0.3, -0.25) is 4.79 Å². The third kappa shape index (κ3) is 7.81. The molecule has 0 aliphatic heterocycles. The molecule has 1 saturated carbocycles. The van der Waals surface area contributed by atoms with Gasteiger partial charge in [0.25, 0.3) is 0 Å². The third-order valence-corrected chi connectivity index (χ3v) is 4.21. The zero-order valence-electron chi connectivity index (χ0n) is 12.7. The van der Waals surface area contributed by atoms with Crippen LogP contribution in [0.4, 0.5) is 0 Å². The number of hydrogen-bond donors (Lipinski definition) is 3. The van der Waals surface area contributed by atoms with Crippen LogP contribution in [-0.2, 0) is 14.8 Å². The van der Waals surface area contributed by atoms with E-state index in [2.05, 4.69) is 15.4 Å². The van der Waals surface area contributed by atoms with Crippen LogP contribution in [0, 0.1) is 0 Å². The monoisotopic (exact) mass is 305 g/mol. The quantitative estimate of drug-likeness (QED) is 0.633. The molecule has 0 radical (unpaired) electrons. The number of amides is 1. The lowest BCUT2D eigenvalue weighted by atomic mass is 9.95. The molecule has 0 aromatic rings. The van der Waals surface area contributed by atoms with Crippen LogP contribution in [0.15, 0.2) is 0 Å². The highest BCUT2D eigenvalue weighted by Crippen LogP contribution is 2.17. The lowest BCUT2D eigenvalue weighted by Gasteiger charge is -2.26. The molecule has 0 heterocycles. The van der Waals surface area contributed by atoms with Crippen LogP contribution in [0.1, 0.15) is 46.0 Å². The van der Waals surface area contributed by atoms with Gasteiger partial charge in [0, 0.05) is 18.1 Å². The van der Waals surface area contributed by atoms with Crippen molar-refractivity contribution < 1.29 is 13.2 Å². The minimum absolute atomic E-state index is 0.0212. The molecule has 0 spiro atoms. The molecule has 7 heteroatoms. The summed E-state index contributed by atoms with van der Waals surface area (Å²) in [6.07, 6.45) is 6.88. The number of rotatable bonds is 7. The molecule has 1 amide bonds. The van der Waals surface area contributed by atoms with Crippen molar-refractivity contribution in [2.24, 2.45) is 0 Å². The molecule has 0 atom stereocenters. The summed E-state index contributed by atoms with van der Waals surface area (Å²) in [5.41, 5.74) is -0.612. The average Bonchev–Trinajstić information content (AvgIpc) is 2.26. The molecule has 0 bridgehead atoms. The average molecular weight is 305 g/mol. The maximum absolute atomic E-state index is 11.8. The van der Waals surface area contributed by atoms with Gasteiger partial charge in [-0.05, 0) is 26.7 Å². The number of nitrogens with one attached hydrogen (secondary N) is 3. The van der Waals surface area contributed by atoms with Crippen molar-refractivity contribution in [3.05, 3.63) is 0 Å². The summed E-state index contributed by atoms with van der Waals surface area (Å²) in [7, 11) is -3.25. The Morgan fingerprint density at radius 1 is 1.20 bits per heavy atom. The van der Waals surface area contributed by atoms with E-state index in [0.29, 0.717) is 12.6 Å². The molecule has 0 aromatic carbocycles. The van der Waals surface area contributed by atoms with Crippen molar-refractivity contribution in [2.45, 2.75) is 57.5 Å². The first-order chi connectivity index (χ1) is 9.18. The van der Waals surface area contributed by atoms with E-state index in [-0.39, 0.29) is 12.5 Å². The van der Waals surface area contributed by atoms with Gasteiger partial charge >= 0.3 is 0 Å². The Balaban J connectivity index is 2.23. The minimum Gasteiger partial charge on any atom is -0.352 e. The van der Waals surface area contributed by atoms with E-state index in [0.717, 1.165) is 19.1 Å². The number of sulfonamides is 1. The molecular formula is C13H27N3O3S. The Morgan fingerprint density at radius 3 is 2.35 bits per heavy atom. The van der Waals surface area contributed by atoms with Gasteiger partial charge in [-0.2, -0.15) is 0 Å². The lowest BCUT2D eigenvalue weighted by Crippen LogP contribution is -2.51. The normalized spacial score (nSPS) is 17.9. The fraction of sp³-hybridized carbons (Fsp3) is 0.923. The van der Waals surface area contributed by atoms with Crippen LogP contribution in [0.3, 0.4) is 0 Å². The van der Waals surface area contributed by atoms with Crippen LogP contribution >= 0.6 is 0 Å². The van der Waals surface area contributed by atoms with E-state index in [1.165, 1.54) is 19.3 Å². The molecule has 0 unspecified atom stereocenters. The highest BCUT2D eigenvalue weighted by atomic mass is 32.2. The van der Waals surface area contributed by atoms with Crippen LogP contribution in [-0.4, -0.2) is 45.3 Å². The van der Waals surface area contributed by atoms with Crippen molar-refractivity contribution in [3.8, 4) is 0 Å². The fourth-order valence-electron chi connectivity index (χ4n) is 2.55. The summed E-state index contributed by atoms with van der Waals surface area (Å²) >= 11 is 0. The predicted molar refractivity (Wildman–Crippen MR) is 79.9 cm³/mol.